The van der Waals surface area contributed by atoms with E-state index in [2.05, 4.69) is 5.32 Å². The standard InChI is InChI=1S/C35H36FN3O5/c36-27-13-11-25(12-14-27)32(41)30-19-20-31(40)39(33(30)37)28-15-17-29(18-16-28)44-22-6-21-38-35(34(42)43,26-9-4-5-10-26)23-24-7-2-1-3-8-24/h1-3,7-8,11-20,26,38H,4-6,9-10,21-23,37H2,(H,42,43)/t35-/m0/s1. The number of carboxylic acid groups (broad SMARTS) is 1. The van der Waals surface area contributed by atoms with E-state index >= 15 is 0 Å². The number of anilines is 1. The number of rotatable bonds is 13. The molecule has 1 saturated carbocycles. The van der Waals surface area contributed by atoms with Crippen LogP contribution in [0.5, 0.6) is 5.75 Å². The highest BCUT2D eigenvalue weighted by Gasteiger charge is 2.46. The number of carboxylic acids is 1. The number of hydrogen-bond donors (Lipinski definition) is 3. The van der Waals surface area contributed by atoms with Gasteiger partial charge in [-0.05, 0) is 91.9 Å². The molecule has 1 fully saturated rings. The number of nitrogens with two attached hydrogens (primary N) is 1. The van der Waals surface area contributed by atoms with Gasteiger partial charge in [0.1, 0.15) is 22.9 Å². The van der Waals surface area contributed by atoms with Crippen LogP contribution in [0.15, 0.2) is 95.8 Å². The molecule has 228 valence electrons. The van der Waals surface area contributed by atoms with Crippen molar-refractivity contribution in [3.05, 3.63) is 124 Å². The Morgan fingerprint density at radius 2 is 1.64 bits per heavy atom. The third kappa shape index (κ3) is 6.73. The van der Waals surface area contributed by atoms with Crippen LogP contribution in [0, 0.1) is 11.7 Å². The van der Waals surface area contributed by atoms with Crippen LogP contribution in [0.25, 0.3) is 5.69 Å². The molecule has 8 nitrogen and oxygen atoms in total. The van der Waals surface area contributed by atoms with Crippen LogP contribution in [0.1, 0.15) is 53.6 Å². The van der Waals surface area contributed by atoms with E-state index in [9.17, 15) is 23.9 Å². The fourth-order valence-electron chi connectivity index (χ4n) is 6.05. The van der Waals surface area contributed by atoms with Crippen LogP contribution in [-0.2, 0) is 11.2 Å². The fraction of sp³-hybridized carbons (Fsp3) is 0.286. The van der Waals surface area contributed by atoms with Crippen molar-refractivity contribution < 1.29 is 23.8 Å². The van der Waals surface area contributed by atoms with Gasteiger partial charge in [-0.3, -0.25) is 19.0 Å². The number of ether oxygens (including phenoxy) is 1. The van der Waals surface area contributed by atoms with Crippen molar-refractivity contribution in [3.63, 3.8) is 0 Å². The summed E-state index contributed by atoms with van der Waals surface area (Å²) in [5.41, 5.74) is 6.68. The second-order valence-corrected chi connectivity index (χ2v) is 11.2. The average Bonchev–Trinajstić information content (AvgIpc) is 3.57. The maximum Gasteiger partial charge on any atom is 0.324 e. The van der Waals surface area contributed by atoms with Crippen LogP contribution in [0.4, 0.5) is 10.2 Å². The summed E-state index contributed by atoms with van der Waals surface area (Å²) < 4.78 is 20.5. The van der Waals surface area contributed by atoms with Crippen LogP contribution in [0.2, 0.25) is 0 Å². The van der Waals surface area contributed by atoms with Crippen molar-refractivity contribution in [1.29, 1.82) is 0 Å². The molecule has 0 bridgehead atoms. The lowest BCUT2D eigenvalue weighted by Crippen LogP contribution is -2.59. The van der Waals surface area contributed by atoms with E-state index in [-0.39, 0.29) is 22.9 Å². The largest absolute Gasteiger partial charge is 0.494 e. The number of ketones is 1. The predicted molar refractivity (Wildman–Crippen MR) is 167 cm³/mol. The zero-order chi connectivity index (χ0) is 31.1. The van der Waals surface area contributed by atoms with Crippen LogP contribution in [-0.4, -0.2) is 40.1 Å². The zero-order valence-corrected chi connectivity index (χ0v) is 24.4. The van der Waals surface area contributed by atoms with E-state index in [1.165, 1.54) is 41.0 Å². The molecule has 1 aromatic heterocycles. The molecule has 0 saturated heterocycles. The number of carbonyl (C=O) groups excluding carboxylic acids is 1. The number of nitrogens with one attached hydrogen (secondary N) is 1. The monoisotopic (exact) mass is 597 g/mol. The van der Waals surface area contributed by atoms with Gasteiger partial charge in [0.05, 0.1) is 17.9 Å². The summed E-state index contributed by atoms with van der Waals surface area (Å²) >= 11 is 0. The average molecular weight is 598 g/mol. The Bertz CT molecular complexity index is 1650. The Kier molecular flexibility index (Phi) is 9.55. The zero-order valence-electron chi connectivity index (χ0n) is 24.4. The van der Waals surface area contributed by atoms with Crippen molar-refractivity contribution >= 4 is 17.6 Å². The van der Waals surface area contributed by atoms with Crippen molar-refractivity contribution in [3.8, 4) is 11.4 Å². The number of benzene rings is 3. The van der Waals surface area contributed by atoms with Crippen LogP contribution in [0.3, 0.4) is 0 Å². The summed E-state index contributed by atoms with van der Waals surface area (Å²) in [6.45, 7) is 0.844. The lowest BCUT2D eigenvalue weighted by atomic mass is 9.77. The first-order valence-corrected chi connectivity index (χ1v) is 14.9. The lowest BCUT2D eigenvalue weighted by molar-refractivity contribution is -0.147. The van der Waals surface area contributed by atoms with E-state index in [1.807, 2.05) is 30.3 Å². The lowest BCUT2D eigenvalue weighted by Gasteiger charge is -2.36. The number of hydrogen-bond acceptors (Lipinski definition) is 6. The first-order chi connectivity index (χ1) is 21.3. The topological polar surface area (TPSA) is 124 Å². The molecule has 9 heteroatoms. The number of nitrogens with zero attached hydrogens (tertiary/aromatic N) is 1. The molecule has 0 radical (unpaired) electrons. The quantitative estimate of drug-likeness (QED) is 0.139. The summed E-state index contributed by atoms with van der Waals surface area (Å²) in [6, 6.07) is 24.3. The summed E-state index contributed by atoms with van der Waals surface area (Å²) in [6.07, 6.45) is 4.90. The first-order valence-electron chi connectivity index (χ1n) is 14.9. The number of carbonyl (C=O) groups is 2. The van der Waals surface area contributed by atoms with Gasteiger partial charge in [-0.15, -0.1) is 0 Å². The number of halogens is 1. The number of aliphatic carboxylic acids is 1. The van der Waals surface area contributed by atoms with Gasteiger partial charge in [0.2, 0.25) is 0 Å². The number of aromatic nitrogens is 1. The molecule has 3 aromatic carbocycles. The molecule has 0 amide bonds. The maximum atomic E-state index is 13.3. The molecule has 0 unspecified atom stereocenters. The van der Waals surface area contributed by atoms with Crippen LogP contribution < -0.4 is 21.3 Å². The molecular weight excluding hydrogens is 561 g/mol. The second kappa shape index (κ2) is 13.7. The molecule has 4 N–H and O–H groups in total. The number of nitrogen functional groups attached to an aromatic ring is 1. The molecule has 1 atom stereocenters. The Hall–Kier alpha value is -4.76. The number of pyridine rings is 1. The molecule has 4 aromatic rings. The molecular formula is C35H36FN3O5. The van der Waals surface area contributed by atoms with Gasteiger partial charge in [0.25, 0.3) is 5.56 Å². The molecule has 0 aliphatic heterocycles. The van der Waals surface area contributed by atoms with Gasteiger partial charge in [0.15, 0.2) is 5.78 Å². The van der Waals surface area contributed by atoms with E-state index < -0.39 is 28.7 Å². The summed E-state index contributed by atoms with van der Waals surface area (Å²) in [7, 11) is 0. The second-order valence-electron chi connectivity index (χ2n) is 11.2. The summed E-state index contributed by atoms with van der Waals surface area (Å²) in [5.74, 6) is -1.08. The predicted octanol–water partition coefficient (Wildman–Crippen LogP) is 5.40. The van der Waals surface area contributed by atoms with Gasteiger partial charge in [-0.1, -0.05) is 43.2 Å². The molecule has 0 spiro atoms. The minimum atomic E-state index is -1.03. The summed E-state index contributed by atoms with van der Waals surface area (Å²) in [5, 5.41) is 13.8. The Morgan fingerprint density at radius 1 is 0.955 bits per heavy atom. The SMILES string of the molecule is Nc1c(C(=O)c2ccc(F)cc2)ccc(=O)n1-c1ccc(OCCCN[C@](Cc2ccccc2)(C(=O)O)C2CCCC2)cc1. The highest BCUT2D eigenvalue weighted by Crippen LogP contribution is 2.37. The minimum Gasteiger partial charge on any atom is -0.494 e. The normalized spacial score (nSPS) is 14.7. The van der Waals surface area contributed by atoms with E-state index in [4.69, 9.17) is 10.5 Å². The van der Waals surface area contributed by atoms with Crippen molar-refractivity contribution in [2.24, 2.45) is 5.92 Å². The summed E-state index contributed by atoms with van der Waals surface area (Å²) in [4.78, 5) is 38.4. The third-order valence-corrected chi connectivity index (χ3v) is 8.37. The van der Waals surface area contributed by atoms with Gasteiger partial charge in [-0.25, -0.2) is 4.39 Å². The fourth-order valence-corrected chi connectivity index (χ4v) is 6.05. The van der Waals surface area contributed by atoms with E-state index in [1.54, 1.807) is 24.3 Å². The van der Waals surface area contributed by atoms with E-state index in [0.717, 1.165) is 31.2 Å². The Morgan fingerprint density at radius 3 is 2.30 bits per heavy atom. The molecule has 1 heterocycles. The smallest absolute Gasteiger partial charge is 0.324 e. The Labute approximate surface area is 255 Å². The van der Waals surface area contributed by atoms with Gasteiger partial charge in [-0.2, -0.15) is 0 Å². The van der Waals surface area contributed by atoms with Crippen LogP contribution >= 0.6 is 0 Å². The Balaban J connectivity index is 1.22. The molecule has 44 heavy (non-hydrogen) atoms. The van der Waals surface area contributed by atoms with Gasteiger partial charge >= 0.3 is 5.97 Å². The highest BCUT2D eigenvalue weighted by molar-refractivity contribution is 6.11. The maximum absolute atomic E-state index is 13.3. The molecule has 1 aliphatic rings. The first kappa shape index (κ1) is 30.7. The highest BCUT2D eigenvalue weighted by atomic mass is 19.1. The van der Waals surface area contributed by atoms with Crippen molar-refractivity contribution in [2.45, 2.75) is 44.1 Å². The molecule has 5 rings (SSSR count). The van der Waals surface area contributed by atoms with Gasteiger partial charge in [0, 0.05) is 18.1 Å². The molecule has 1 aliphatic carbocycles. The van der Waals surface area contributed by atoms with Gasteiger partial charge < -0.3 is 20.9 Å². The minimum absolute atomic E-state index is 0.0220. The third-order valence-electron chi connectivity index (χ3n) is 8.37. The van der Waals surface area contributed by atoms with Crippen molar-refractivity contribution in [1.82, 2.24) is 9.88 Å². The van der Waals surface area contributed by atoms with E-state index in [0.29, 0.717) is 37.4 Å². The van der Waals surface area contributed by atoms with Crippen molar-refractivity contribution in [2.75, 3.05) is 18.9 Å².